The number of rotatable bonds is 1. The summed E-state index contributed by atoms with van der Waals surface area (Å²) in [6, 6.07) is 2.34. The van der Waals surface area contributed by atoms with Crippen molar-refractivity contribution in [3.63, 3.8) is 0 Å². The first-order valence-corrected chi connectivity index (χ1v) is 5.56. The van der Waals surface area contributed by atoms with Crippen LogP contribution in [0.4, 0.5) is 19.0 Å². The summed E-state index contributed by atoms with van der Waals surface area (Å²) in [6.07, 6.45) is -0.257. The van der Waals surface area contributed by atoms with Crippen LogP contribution in [0.3, 0.4) is 0 Å². The molecule has 1 fully saturated rings. The van der Waals surface area contributed by atoms with Crippen molar-refractivity contribution in [2.24, 2.45) is 0 Å². The summed E-state index contributed by atoms with van der Waals surface area (Å²) in [5.74, 6) is -0.0816. The molecule has 17 heavy (non-hydrogen) atoms. The van der Waals surface area contributed by atoms with E-state index in [0.717, 1.165) is 25.3 Å². The quantitative estimate of drug-likeness (QED) is 0.760. The number of aromatic nitrogens is 1. The molecule has 0 atom stereocenters. The lowest BCUT2D eigenvalue weighted by Gasteiger charge is -2.23. The predicted octanol–water partition coefficient (Wildman–Crippen LogP) is 2.61. The summed E-state index contributed by atoms with van der Waals surface area (Å²) in [5, 5.41) is 1.38. The van der Waals surface area contributed by atoms with Gasteiger partial charge in [-0.25, -0.2) is 4.98 Å². The van der Waals surface area contributed by atoms with E-state index in [1.54, 1.807) is 0 Å². The summed E-state index contributed by atoms with van der Waals surface area (Å²) in [7, 11) is 0. The Labute approximate surface area is 97.6 Å². The van der Waals surface area contributed by atoms with Gasteiger partial charge in [-0.3, -0.25) is 5.01 Å². The van der Waals surface area contributed by atoms with Crippen molar-refractivity contribution in [1.29, 1.82) is 0 Å². The molecule has 0 N–H and O–H groups in total. The molecule has 0 spiro atoms. The van der Waals surface area contributed by atoms with Crippen LogP contribution in [0.25, 0.3) is 0 Å². The number of pyridine rings is 1. The highest BCUT2D eigenvalue weighted by molar-refractivity contribution is 5.47. The maximum Gasteiger partial charge on any atom is 0.420 e. The van der Waals surface area contributed by atoms with Gasteiger partial charge in [-0.05, 0) is 25.0 Å². The number of alkyl halides is 3. The van der Waals surface area contributed by atoms with Crippen LogP contribution in [0, 0.1) is 0 Å². The highest BCUT2D eigenvalue weighted by atomic mass is 19.4. The Morgan fingerprint density at radius 1 is 1.18 bits per heavy atom. The Morgan fingerprint density at radius 2 is 2.00 bits per heavy atom. The van der Waals surface area contributed by atoms with Gasteiger partial charge in [0.15, 0.2) is 5.82 Å². The van der Waals surface area contributed by atoms with E-state index in [1.165, 1.54) is 17.3 Å². The average molecular weight is 244 g/mol. The lowest BCUT2D eigenvalue weighted by Crippen LogP contribution is -2.34. The molecule has 1 saturated heterocycles. The Balaban J connectivity index is 2.30. The molecule has 2 rings (SSSR count). The maximum atomic E-state index is 12.8. The Hall–Kier alpha value is -1.30. The predicted molar refractivity (Wildman–Crippen MR) is 57.4 cm³/mol. The normalized spacial score (nSPS) is 17.9. The number of hydrogen-bond acceptors (Lipinski definition) is 2. The van der Waals surface area contributed by atoms with Gasteiger partial charge in [-0.15, -0.1) is 5.43 Å². The summed E-state index contributed by atoms with van der Waals surface area (Å²) >= 11 is 0. The first-order valence-electron chi connectivity index (χ1n) is 5.56. The second-order valence-electron chi connectivity index (χ2n) is 3.92. The van der Waals surface area contributed by atoms with E-state index in [9.17, 15) is 13.2 Å². The molecule has 0 saturated carbocycles. The fourth-order valence-electron chi connectivity index (χ4n) is 1.81. The molecular weight excluding hydrogens is 231 g/mol. The van der Waals surface area contributed by atoms with E-state index in [1.807, 2.05) is 0 Å². The van der Waals surface area contributed by atoms with Crippen molar-refractivity contribution >= 4 is 5.82 Å². The average Bonchev–Trinajstić information content (AvgIpc) is 2.56. The van der Waals surface area contributed by atoms with Crippen LogP contribution in [0.2, 0.25) is 0 Å². The molecule has 0 bridgehead atoms. The molecule has 6 heteroatoms. The molecular formula is C11H13F3N3. The minimum Gasteiger partial charge on any atom is -0.274 e. The SMILES string of the molecule is FC(F)(F)c1cccnc1N1CCCCC[N]1. The highest BCUT2D eigenvalue weighted by Crippen LogP contribution is 2.35. The number of anilines is 1. The standard InChI is InChI=1S/C11H13F3N3/c12-11(13,14)9-5-4-6-15-10(9)17-8-3-1-2-7-16-17/h4-6H,1-3,7-8H2. The van der Waals surface area contributed by atoms with E-state index in [2.05, 4.69) is 10.4 Å². The topological polar surface area (TPSA) is 30.2 Å². The molecule has 0 aliphatic carbocycles. The summed E-state index contributed by atoms with van der Waals surface area (Å²) in [6.45, 7) is 1.06. The lowest BCUT2D eigenvalue weighted by molar-refractivity contribution is -0.137. The van der Waals surface area contributed by atoms with Crippen molar-refractivity contribution in [1.82, 2.24) is 10.4 Å². The molecule has 1 aliphatic rings. The molecule has 1 aromatic rings. The minimum absolute atomic E-state index is 0.0816. The van der Waals surface area contributed by atoms with Crippen LogP contribution in [-0.2, 0) is 6.18 Å². The van der Waals surface area contributed by atoms with Crippen molar-refractivity contribution in [3.8, 4) is 0 Å². The molecule has 1 aliphatic heterocycles. The van der Waals surface area contributed by atoms with Gasteiger partial charge in [0.25, 0.3) is 0 Å². The molecule has 2 heterocycles. The maximum absolute atomic E-state index is 12.8. The first kappa shape index (κ1) is 12.2. The number of nitrogens with zero attached hydrogens (tertiary/aromatic N) is 3. The molecule has 0 aromatic carbocycles. The van der Waals surface area contributed by atoms with Crippen molar-refractivity contribution in [2.45, 2.75) is 25.4 Å². The third kappa shape index (κ3) is 2.88. The van der Waals surface area contributed by atoms with Crippen molar-refractivity contribution in [2.75, 3.05) is 18.1 Å². The van der Waals surface area contributed by atoms with Gasteiger partial charge in [0, 0.05) is 19.3 Å². The van der Waals surface area contributed by atoms with Crippen LogP contribution < -0.4 is 10.4 Å². The van der Waals surface area contributed by atoms with Crippen molar-refractivity contribution in [3.05, 3.63) is 23.9 Å². The lowest BCUT2D eigenvalue weighted by atomic mass is 10.2. The smallest absolute Gasteiger partial charge is 0.274 e. The van der Waals surface area contributed by atoms with E-state index in [0.29, 0.717) is 13.1 Å². The second-order valence-corrected chi connectivity index (χ2v) is 3.92. The second kappa shape index (κ2) is 4.91. The van der Waals surface area contributed by atoms with E-state index >= 15 is 0 Å². The Morgan fingerprint density at radius 3 is 2.76 bits per heavy atom. The van der Waals surface area contributed by atoms with Gasteiger partial charge < -0.3 is 0 Å². The van der Waals surface area contributed by atoms with Gasteiger partial charge in [0.1, 0.15) is 0 Å². The molecule has 0 amide bonds. The van der Waals surface area contributed by atoms with Crippen LogP contribution in [-0.4, -0.2) is 18.1 Å². The summed E-state index contributed by atoms with van der Waals surface area (Å²) in [4.78, 5) is 3.82. The third-order valence-electron chi connectivity index (χ3n) is 2.64. The minimum atomic E-state index is -4.38. The van der Waals surface area contributed by atoms with Gasteiger partial charge in [-0.2, -0.15) is 13.2 Å². The zero-order valence-corrected chi connectivity index (χ0v) is 9.24. The zero-order valence-electron chi connectivity index (χ0n) is 9.24. The molecule has 93 valence electrons. The van der Waals surface area contributed by atoms with Crippen LogP contribution >= 0.6 is 0 Å². The van der Waals surface area contributed by atoms with Crippen molar-refractivity contribution < 1.29 is 13.2 Å². The fraction of sp³-hybridized carbons (Fsp3) is 0.545. The molecule has 1 aromatic heterocycles. The largest absolute Gasteiger partial charge is 0.420 e. The Kier molecular flexibility index (Phi) is 3.51. The number of halogens is 3. The van der Waals surface area contributed by atoms with Gasteiger partial charge in [0.05, 0.1) is 5.56 Å². The third-order valence-corrected chi connectivity index (χ3v) is 2.64. The van der Waals surface area contributed by atoms with Gasteiger partial charge >= 0.3 is 6.18 Å². The number of hydrogen-bond donors (Lipinski definition) is 0. The van der Waals surface area contributed by atoms with E-state index < -0.39 is 11.7 Å². The van der Waals surface area contributed by atoms with E-state index in [-0.39, 0.29) is 5.82 Å². The van der Waals surface area contributed by atoms with E-state index in [4.69, 9.17) is 0 Å². The zero-order chi connectivity index (χ0) is 12.3. The first-order chi connectivity index (χ1) is 8.09. The van der Waals surface area contributed by atoms with Crippen LogP contribution in [0.1, 0.15) is 24.8 Å². The molecule has 3 nitrogen and oxygen atoms in total. The highest BCUT2D eigenvalue weighted by Gasteiger charge is 2.35. The Bertz CT molecular complexity index is 370. The van der Waals surface area contributed by atoms with Gasteiger partial charge in [-0.1, -0.05) is 6.42 Å². The summed E-state index contributed by atoms with van der Waals surface area (Å²) < 4.78 is 38.4. The fourth-order valence-corrected chi connectivity index (χ4v) is 1.81. The molecule has 0 unspecified atom stereocenters. The van der Waals surface area contributed by atoms with Crippen LogP contribution in [0.15, 0.2) is 18.3 Å². The van der Waals surface area contributed by atoms with Crippen LogP contribution in [0.5, 0.6) is 0 Å². The monoisotopic (exact) mass is 244 g/mol. The summed E-state index contributed by atoms with van der Waals surface area (Å²) in [5.41, 5.74) is 3.42. The molecule has 1 radical (unpaired) electrons. The van der Waals surface area contributed by atoms with Gasteiger partial charge in [0.2, 0.25) is 0 Å².